The minimum atomic E-state index is -3.51. The van der Waals surface area contributed by atoms with Crippen molar-refractivity contribution in [2.24, 2.45) is 0 Å². The zero-order valence-corrected chi connectivity index (χ0v) is 16.6. The first-order valence-corrected chi connectivity index (χ1v) is 11.0. The molecule has 0 atom stereocenters. The Morgan fingerprint density at radius 1 is 1.14 bits per heavy atom. The Hall–Kier alpha value is -2.49. The van der Waals surface area contributed by atoms with Gasteiger partial charge in [-0.15, -0.1) is 11.3 Å². The van der Waals surface area contributed by atoms with Crippen LogP contribution in [0.2, 0.25) is 0 Å². The number of carbonyl (C=O) groups excluding carboxylic acids is 1. The second-order valence-electron chi connectivity index (χ2n) is 6.70. The Morgan fingerprint density at radius 3 is 2.54 bits per heavy atom. The van der Waals surface area contributed by atoms with Crippen LogP contribution in [0.1, 0.15) is 28.1 Å². The van der Waals surface area contributed by atoms with Crippen LogP contribution in [0.5, 0.6) is 0 Å². The topological polar surface area (TPSA) is 87.3 Å². The molecular weight excluding hydrogens is 401 g/mol. The van der Waals surface area contributed by atoms with Gasteiger partial charge in [0.25, 0.3) is 5.91 Å². The maximum atomic E-state index is 13.4. The minimum Gasteiger partial charge on any atom is -0.298 e. The Labute approximate surface area is 165 Å². The number of hydrogen-bond acceptors (Lipinski definition) is 5. The SMILES string of the molecule is Cc1c(C(=O)NNc2ccc(S(=O)(=O)NC3CC3)cc2)sc2ccc(F)cc12. The molecule has 0 unspecified atom stereocenters. The van der Waals surface area contributed by atoms with Gasteiger partial charge in [-0.05, 0) is 73.2 Å². The number of hydrazine groups is 1. The number of sulfonamides is 1. The standard InChI is InChI=1S/C19H18FN3O3S2/c1-11-16-10-12(20)2-9-17(16)27-18(11)19(24)22-21-13-5-7-15(8-6-13)28(25,26)23-14-3-4-14/h2,5-10,14,21,23H,3-4H2,1H3,(H,22,24). The quantitative estimate of drug-likeness (QED) is 0.533. The van der Waals surface area contributed by atoms with Crippen molar-refractivity contribution in [3.8, 4) is 0 Å². The van der Waals surface area contributed by atoms with Crippen molar-refractivity contribution in [2.45, 2.75) is 30.7 Å². The lowest BCUT2D eigenvalue weighted by molar-refractivity contribution is 0.0966. The summed E-state index contributed by atoms with van der Waals surface area (Å²) < 4.78 is 41.2. The van der Waals surface area contributed by atoms with E-state index in [9.17, 15) is 17.6 Å². The van der Waals surface area contributed by atoms with Crippen LogP contribution in [0.15, 0.2) is 47.4 Å². The summed E-state index contributed by atoms with van der Waals surface area (Å²) in [6.07, 6.45) is 1.74. The fourth-order valence-electron chi connectivity index (χ4n) is 2.80. The van der Waals surface area contributed by atoms with Gasteiger partial charge in [-0.1, -0.05) is 0 Å². The van der Waals surface area contributed by atoms with Crippen LogP contribution >= 0.6 is 11.3 Å². The third-order valence-corrected chi connectivity index (χ3v) is 7.30. The molecule has 0 aliphatic heterocycles. The van der Waals surface area contributed by atoms with E-state index in [1.165, 1.54) is 35.6 Å². The van der Waals surface area contributed by atoms with Gasteiger partial charge in [-0.3, -0.25) is 15.6 Å². The Kier molecular flexibility index (Phi) is 4.82. The van der Waals surface area contributed by atoms with E-state index in [-0.39, 0.29) is 22.7 Å². The smallest absolute Gasteiger partial charge is 0.279 e. The Bertz CT molecular complexity index is 1150. The Morgan fingerprint density at radius 2 is 1.86 bits per heavy atom. The van der Waals surface area contributed by atoms with Crippen molar-refractivity contribution in [3.63, 3.8) is 0 Å². The summed E-state index contributed by atoms with van der Waals surface area (Å²) in [7, 11) is -3.51. The molecule has 4 rings (SSSR count). The number of rotatable bonds is 6. The highest BCUT2D eigenvalue weighted by Gasteiger charge is 2.27. The van der Waals surface area contributed by atoms with Crippen LogP contribution < -0.4 is 15.6 Å². The first kappa shape index (κ1) is 18.9. The summed E-state index contributed by atoms with van der Waals surface area (Å²) in [6.45, 7) is 1.78. The van der Waals surface area contributed by atoms with Crippen molar-refractivity contribution in [2.75, 3.05) is 5.43 Å². The van der Waals surface area contributed by atoms with Gasteiger partial charge < -0.3 is 0 Å². The fraction of sp³-hybridized carbons (Fsp3) is 0.211. The van der Waals surface area contributed by atoms with Gasteiger partial charge in [0.1, 0.15) is 5.82 Å². The molecule has 1 saturated carbocycles. The first-order chi connectivity index (χ1) is 13.3. The van der Waals surface area contributed by atoms with Gasteiger partial charge in [0.15, 0.2) is 0 Å². The second-order valence-corrected chi connectivity index (χ2v) is 9.46. The van der Waals surface area contributed by atoms with E-state index in [0.717, 1.165) is 17.5 Å². The minimum absolute atomic E-state index is 0.0418. The molecule has 146 valence electrons. The molecule has 28 heavy (non-hydrogen) atoms. The molecule has 1 fully saturated rings. The molecule has 0 saturated heterocycles. The number of nitrogens with one attached hydrogen (secondary N) is 3. The van der Waals surface area contributed by atoms with Gasteiger partial charge in [0, 0.05) is 10.7 Å². The zero-order valence-electron chi connectivity index (χ0n) is 15.0. The molecule has 6 nitrogen and oxygen atoms in total. The highest BCUT2D eigenvalue weighted by molar-refractivity contribution is 7.89. The number of amides is 1. The maximum absolute atomic E-state index is 13.4. The van der Waals surface area contributed by atoms with Crippen molar-refractivity contribution >= 4 is 43.0 Å². The highest BCUT2D eigenvalue weighted by Crippen LogP contribution is 2.31. The molecule has 1 aliphatic carbocycles. The fourth-order valence-corrected chi connectivity index (χ4v) is 5.19. The van der Waals surface area contributed by atoms with E-state index in [1.54, 1.807) is 25.1 Å². The van der Waals surface area contributed by atoms with E-state index in [1.807, 2.05) is 0 Å². The lowest BCUT2D eigenvalue weighted by Crippen LogP contribution is -2.29. The molecular formula is C19H18FN3O3S2. The van der Waals surface area contributed by atoms with E-state index in [2.05, 4.69) is 15.6 Å². The van der Waals surface area contributed by atoms with Gasteiger partial charge in [0.05, 0.1) is 15.5 Å². The van der Waals surface area contributed by atoms with Crippen LogP contribution in [0, 0.1) is 12.7 Å². The number of benzene rings is 2. The van der Waals surface area contributed by atoms with Crippen molar-refractivity contribution in [1.82, 2.24) is 10.1 Å². The summed E-state index contributed by atoms with van der Waals surface area (Å²) in [4.78, 5) is 13.2. The molecule has 0 spiro atoms. The molecule has 0 radical (unpaired) electrons. The number of fused-ring (bicyclic) bond motifs is 1. The van der Waals surface area contributed by atoms with Crippen molar-refractivity contribution in [1.29, 1.82) is 0 Å². The Balaban J connectivity index is 1.44. The number of thiophene rings is 1. The normalized spacial score (nSPS) is 14.2. The highest BCUT2D eigenvalue weighted by atomic mass is 32.2. The van der Waals surface area contributed by atoms with Gasteiger partial charge in [-0.25, -0.2) is 17.5 Å². The van der Waals surface area contributed by atoms with E-state index >= 15 is 0 Å². The monoisotopic (exact) mass is 419 g/mol. The predicted octanol–water partition coefficient (Wildman–Crippen LogP) is 3.55. The number of hydrogen-bond donors (Lipinski definition) is 3. The molecule has 1 amide bonds. The van der Waals surface area contributed by atoms with Gasteiger partial charge in [0.2, 0.25) is 10.0 Å². The number of halogens is 1. The van der Waals surface area contributed by atoms with Crippen LogP contribution in [0.4, 0.5) is 10.1 Å². The number of carbonyl (C=O) groups is 1. The van der Waals surface area contributed by atoms with Crippen molar-refractivity contribution < 1.29 is 17.6 Å². The average molecular weight is 420 g/mol. The van der Waals surface area contributed by atoms with Gasteiger partial charge in [-0.2, -0.15) is 0 Å². The van der Waals surface area contributed by atoms with E-state index < -0.39 is 10.0 Å². The van der Waals surface area contributed by atoms with E-state index in [4.69, 9.17) is 0 Å². The predicted molar refractivity (Wildman–Crippen MR) is 107 cm³/mol. The zero-order chi connectivity index (χ0) is 19.9. The molecule has 3 aromatic rings. The largest absolute Gasteiger partial charge is 0.298 e. The summed E-state index contributed by atoms with van der Waals surface area (Å²) in [6, 6.07) is 10.6. The second kappa shape index (κ2) is 7.16. The summed E-state index contributed by atoms with van der Waals surface area (Å²) in [5.41, 5.74) is 6.63. The number of anilines is 1. The molecule has 2 aromatic carbocycles. The lowest BCUT2D eigenvalue weighted by atomic mass is 10.1. The number of aryl methyl sites for hydroxylation is 1. The third kappa shape index (κ3) is 3.87. The molecule has 3 N–H and O–H groups in total. The summed E-state index contributed by atoms with van der Waals surface area (Å²) in [5, 5.41) is 0.716. The third-order valence-electron chi connectivity index (χ3n) is 4.49. The van der Waals surface area contributed by atoms with Crippen LogP contribution in [0.3, 0.4) is 0 Å². The average Bonchev–Trinajstić information content (AvgIpc) is 3.42. The van der Waals surface area contributed by atoms with Crippen molar-refractivity contribution in [3.05, 3.63) is 58.7 Å². The molecule has 1 aliphatic rings. The summed E-state index contributed by atoms with van der Waals surface area (Å²) >= 11 is 1.29. The maximum Gasteiger partial charge on any atom is 0.279 e. The molecule has 9 heteroatoms. The van der Waals surface area contributed by atoms with Crippen LogP contribution in [-0.2, 0) is 10.0 Å². The first-order valence-electron chi connectivity index (χ1n) is 8.71. The lowest BCUT2D eigenvalue weighted by Gasteiger charge is -2.10. The summed E-state index contributed by atoms with van der Waals surface area (Å²) in [5.74, 6) is -0.684. The van der Waals surface area contributed by atoms with Gasteiger partial charge >= 0.3 is 0 Å². The molecule has 1 aromatic heterocycles. The van der Waals surface area contributed by atoms with Crippen LogP contribution in [-0.4, -0.2) is 20.4 Å². The van der Waals surface area contributed by atoms with E-state index in [0.29, 0.717) is 21.5 Å². The molecule has 1 heterocycles. The molecule has 0 bridgehead atoms. The van der Waals surface area contributed by atoms with Crippen LogP contribution in [0.25, 0.3) is 10.1 Å².